The minimum absolute atomic E-state index is 0.494. The maximum absolute atomic E-state index is 5.49. The normalized spacial score (nSPS) is 10.4. The lowest BCUT2D eigenvalue weighted by Gasteiger charge is -1.99. The van der Waals surface area contributed by atoms with Crippen LogP contribution in [0.5, 0.6) is 0 Å². The molecule has 2 rings (SSSR count). The minimum atomic E-state index is 0.494. The van der Waals surface area contributed by atoms with Crippen LogP contribution in [-0.2, 0) is 6.54 Å². The average molecular weight is 253 g/mol. The SMILES string of the molecule is NCc1cnn(-c2cccc(Br)n2)c1. The van der Waals surface area contributed by atoms with Crippen LogP contribution in [0, 0.1) is 0 Å². The summed E-state index contributed by atoms with van der Waals surface area (Å²) in [7, 11) is 0. The smallest absolute Gasteiger partial charge is 0.154 e. The van der Waals surface area contributed by atoms with Crippen molar-refractivity contribution in [1.29, 1.82) is 0 Å². The number of rotatable bonds is 2. The van der Waals surface area contributed by atoms with Gasteiger partial charge < -0.3 is 5.73 Å². The van der Waals surface area contributed by atoms with Gasteiger partial charge in [0, 0.05) is 18.3 Å². The van der Waals surface area contributed by atoms with Crippen LogP contribution in [0.4, 0.5) is 0 Å². The summed E-state index contributed by atoms with van der Waals surface area (Å²) in [6.45, 7) is 0.494. The Bertz CT molecular complexity index is 438. The van der Waals surface area contributed by atoms with E-state index in [1.54, 1.807) is 10.9 Å². The summed E-state index contributed by atoms with van der Waals surface area (Å²) in [6, 6.07) is 5.67. The molecule has 0 amide bonds. The number of halogens is 1. The van der Waals surface area contributed by atoms with E-state index in [-0.39, 0.29) is 0 Å². The van der Waals surface area contributed by atoms with Crippen LogP contribution in [0.3, 0.4) is 0 Å². The molecule has 0 aliphatic rings. The zero-order valence-corrected chi connectivity index (χ0v) is 8.98. The number of hydrogen-bond acceptors (Lipinski definition) is 3. The molecule has 2 heterocycles. The first-order valence-electron chi connectivity index (χ1n) is 4.16. The molecule has 0 saturated carbocycles. The zero-order chi connectivity index (χ0) is 9.97. The Labute approximate surface area is 89.9 Å². The number of hydrogen-bond donors (Lipinski definition) is 1. The lowest BCUT2D eigenvalue weighted by atomic mass is 10.4. The lowest BCUT2D eigenvalue weighted by molar-refractivity contribution is 0.842. The molecule has 0 unspecified atom stereocenters. The summed E-state index contributed by atoms with van der Waals surface area (Å²) in [5.41, 5.74) is 6.48. The van der Waals surface area contributed by atoms with Gasteiger partial charge in [0.2, 0.25) is 0 Å². The molecule has 0 aliphatic heterocycles. The summed E-state index contributed by atoms with van der Waals surface area (Å²) in [5.74, 6) is 0.777. The maximum atomic E-state index is 5.49. The summed E-state index contributed by atoms with van der Waals surface area (Å²) in [6.07, 6.45) is 3.61. The molecule has 2 N–H and O–H groups in total. The molecular formula is C9H9BrN4. The first-order chi connectivity index (χ1) is 6.79. The van der Waals surface area contributed by atoms with Gasteiger partial charge in [0.15, 0.2) is 5.82 Å². The van der Waals surface area contributed by atoms with Gasteiger partial charge in [0.25, 0.3) is 0 Å². The largest absolute Gasteiger partial charge is 0.326 e. The highest BCUT2D eigenvalue weighted by molar-refractivity contribution is 9.10. The van der Waals surface area contributed by atoms with E-state index in [0.29, 0.717) is 6.54 Å². The number of nitrogens with two attached hydrogens (primary N) is 1. The molecule has 72 valence electrons. The second-order valence-corrected chi connectivity index (χ2v) is 3.63. The molecule has 14 heavy (non-hydrogen) atoms. The van der Waals surface area contributed by atoms with Gasteiger partial charge in [-0.25, -0.2) is 9.67 Å². The molecule has 0 fully saturated rings. The predicted octanol–water partition coefficient (Wildman–Crippen LogP) is 1.49. The lowest BCUT2D eigenvalue weighted by Crippen LogP contribution is -1.98. The van der Waals surface area contributed by atoms with Crippen LogP contribution in [-0.4, -0.2) is 14.8 Å². The first kappa shape index (κ1) is 9.36. The van der Waals surface area contributed by atoms with Crippen LogP contribution in [0.2, 0.25) is 0 Å². The molecule has 2 aromatic rings. The van der Waals surface area contributed by atoms with Gasteiger partial charge in [0.05, 0.1) is 6.20 Å². The fourth-order valence-electron chi connectivity index (χ4n) is 1.12. The van der Waals surface area contributed by atoms with E-state index < -0.39 is 0 Å². The number of nitrogens with zero attached hydrogens (tertiary/aromatic N) is 3. The van der Waals surface area contributed by atoms with E-state index in [0.717, 1.165) is 16.0 Å². The van der Waals surface area contributed by atoms with E-state index in [4.69, 9.17) is 5.73 Å². The molecule has 0 saturated heterocycles. The molecule has 5 heteroatoms. The van der Waals surface area contributed by atoms with Crippen molar-refractivity contribution in [3.05, 3.63) is 40.8 Å². The van der Waals surface area contributed by atoms with Gasteiger partial charge in [-0.2, -0.15) is 5.10 Å². The van der Waals surface area contributed by atoms with Crippen LogP contribution in [0.15, 0.2) is 35.2 Å². The molecule has 0 atom stereocenters. The number of pyridine rings is 1. The maximum Gasteiger partial charge on any atom is 0.154 e. The van der Waals surface area contributed by atoms with Gasteiger partial charge in [0.1, 0.15) is 4.60 Å². The Kier molecular flexibility index (Phi) is 2.60. The molecule has 0 aliphatic carbocycles. The molecule has 2 aromatic heterocycles. The van der Waals surface area contributed by atoms with Gasteiger partial charge in [-0.3, -0.25) is 0 Å². The van der Waals surface area contributed by atoms with E-state index >= 15 is 0 Å². The topological polar surface area (TPSA) is 56.7 Å². The summed E-state index contributed by atoms with van der Waals surface area (Å²) in [4.78, 5) is 4.27. The average Bonchev–Trinajstić information content (AvgIpc) is 2.66. The summed E-state index contributed by atoms with van der Waals surface area (Å²) < 4.78 is 2.49. The molecule has 0 bridgehead atoms. The van der Waals surface area contributed by atoms with Gasteiger partial charge >= 0.3 is 0 Å². The monoisotopic (exact) mass is 252 g/mol. The standard InChI is InChI=1S/C9H9BrN4/c10-8-2-1-3-9(13-8)14-6-7(4-11)5-12-14/h1-3,5-6H,4,11H2. The van der Waals surface area contributed by atoms with Gasteiger partial charge in [-0.15, -0.1) is 0 Å². The Hall–Kier alpha value is -1.20. The Balaban J connectivity index is 2.39. The number of aromatic nitrogens is 3. The van der Waals surface area contributed by atoms with Crippen LogP contribution >= 0.6 is 15.9 Å². The second kappa shape index (κ2) is 3.89. The Morgan fingerprint density at radius 2 is 2.29 bits per heavy atom. The first-order valence-corrected chi connectivity index (χ1v) is 4.95. The third-order valence-corrected chi connectivity index (χ3v) is 2.25. The van der Waals surface area contributed by atoms with Gasteiger partial charge in [-0.1, -0.05) is 6.07 Å². The van der Waals surface area contributed by atoms with Crippen LogP contribution < -0.4 is 5.73 Å². The molecular weight excluding hydrogens is 244 g/mol. The van der Waals surface area contributed by atoms with Crippen molar-refractivity contribution in [2.24, 2.45) is 5.73 Å². The van der Waals surface area contributed by atoms with Crippen LogP contribution in [0.1, 0.15) is 5.56 Å². The van der Waals surface area contributed by atoms with Gasteiger partial charge in [-0.05, 0) is 28.1 Å². The minimum Gasteiger partial charge on any atom is -0.326 e. The third-order valence-electron chi connectivity index (χ3n) is 1.81. The van der Waals surface area contributed by atoms with E-state index in [1.807, 2.05) is 24.4 Å². The van der Waals surface area contributed by atoms with Crippen molar-refractivity contribution < 1.29 is 0 Å². The van der Waals surface area contributed by atoms with Crippen molar-refractivity contribution in [3.63, 3.8) is 0 Å². The van der Waals surface area contributed by atoms with E-state index in [2.05, 4.69) is 26.0 Å². The summed E-state index contributed by atoms with van der Waals surface area (Å²) >= 11 is 3.31. The Morgan fingerprint density at radius 3 is 2.93 bits per heavy atom. The fourth-order valence-corrected chi connectivity index (χ4v) is 1.45. The van der Waals surface area contributed by atoms with Crippen molar-refractivity contribution in [2.45, 2.75) is 6.54 Å². The fraction of sp³-hybridized carbons (Fsp3) is 0.111. The Morgan fingerprint density at radius 1 is 1.43 bits per heavy atom. The quantitative estimate of drug-likeness (QED) is 0.825. The predicted molar refractivity (Wildman–Crippen MR) is 57.0 cm³/mol. The molecule has 0 spiro atoms. The summed E-state index contributed by atoms with van der Waals surface area (Å²) in [5, 5.41) is 4.15. The van der Waals surface area contributed by atoms with Crippen LogP contribution in [0.25, 0.3) is 5.82 Å². The van der Waals surface area contributed by atoms with Crippen molar-refractivity contribution in [2.75, 3.05) is 0 Å². The molecule has 0 aromatic carbocycles. The van der Waals surface area contributed by atoms with Crippen molar-refractivity contribution >= 4 is 15.9 Å². The van der Waals surface area contributed by atoms with Crippen molar-refractivity contribution in [3.8, 4) is 5.82 Å². The highest BCUT2D eigenvalue weighted by Crippen LogP contribution is 2.10. The highest BCUT2D eigenvalue weighted by atomic mass is 79.9. The second-order valence-electron chi connectivity index (χ2n) is 2.82. The van der Waals surface area contributed by atoms with E-state index in [9.17, 15) is 0 Å². The zero-order valence-electron chi connectivity index (χ0n) is 7.39. The molecule has 4 nitrogen and oxygen atoms in total. The third kappa shape index (κ3) is 1.83. The molecule has 0 radical (unpaired) electrons. The highest BCUT2D eigenvalue weighted by Gasteiger charge is 2.00. The van der Waals surface area contributed by atoms with E-state index in [1.165, 1.54) is 0 Å². The van der Waals surface area contributed by atoms with Crippen molar-refractivity contribution in [1.82, 2.24) is 14.8 Å².